The number of hydrogen-bond acceptors (Lipinski definition) is 7. The largest absolute Gasteiger partial charge is 0.370 e. The number of aldehydes is 1. The molecule has 0 aromatic heterocycles. The van der Waals surface area contributed by atoms with Crippen molar-refractivity contribution >= 4 is 36.7 Å². The van der Waals surface area contributed by atoms with Gasteiger partial charge < -0.3 is 38.4 Å². The van der Waals surface area contributed by atoms with Crippen LogP contribution in [-0.4, -0.2) is 61.0 Å². The van der Waals surface area contributed by atoms with Gasteiger partial charge in [-0.1, -0.05) is 0 Å². The quantitative estimate of drug-likeness (QED) is 0.0565. The highest BCUT2D eigenvalue weighted by Crippen LogP contribution is 2.04. The Kier molecular flexibility index (Phi) is 13.3. The van der Waals surface area contributed by atoms with E-state index >= 15 is 0 Å². The maximum Gasteiger partial charge on any atom is 0.243 e. The van der Waals surface area contributed by atoms with Gasteiger partial charge in [-0.25, -0.2) is 0 Å². The van der Waals surface area contributed by atoms with Crippen LogP contribution in [0.3, 0.4) is 0 Å². The first-order valence-corrected chi connectivity index (χ1v) is 9.16. The number of thiol groups is 1. The third-order valence-corrected chi connectivity index (χ3v) is 3.97. The van der Waals surface area contributed by atoms with Crippen LogP contribution in [0.5, 0.6) is 0 Å². The van der Waals surface area contributed by atoms with Gasteiger partial charge >= 0.3 is 0 Å². The molecule has 0 aliphatic heterocycles. The number of rotatable bonds is 14. The van der Waals surface area contributed by atoms with Crippen LogP contribution >= 0.6 is 12.6 Å². The lowest BCUT2D eigenvalue weighted by molar-refractivity contribution is -0.130. The summed E-state index contributed by atoms with van der Waals surface area (Å²) in [6.45, 7) is 0.854. The second kappa shape index (κ2) is 14.3. The second-order valence-corrected chi connectivity index (χ2v) is 6.20. The van der Waals surface area contributed by atoms with Crippen LogP contribution in [0.4, 0.5) is 0 Å². The SMILES string of the molecule is NCCCC[C@H](NC(=O)[C@@H](N)CCCN=C(N)N)C(=O)N[C@H](C=O)CS. The van der Waals surface area contributed by atoms with Gasteiger partial charge in [-0.15, -0.1) is 0 Å². The summed E-state index contributed by atoms with van der Waals surface area (Å²) in [6.07, 6.45) is 3.26. The molecular formula is C15H31N7O3S. The minimum Gasteiger partial charge on any atom is -0.370 e. The highest BCUT2D eigenvalue weighted by molar-refractivity contribution is 7.80. The van der Waals surface area contributed by atoms with Gasteiger partial charge in [-0.2, -0.15) is 12.6 Å². The summed E-state index contributed by atoms with van der Waals surface area (Å²) in [5.41, 5.74) is 21.8. The number of carbonyl (C=O) groups is 3. The summed E-state index contributed by atoms with van der Waals surface area (Å²) < 4.78 is 0. The van der Waals surface area contributed by atoms with Crippen molar-refractivity contribution in [3.05, 3.63) is 0 Å². The molecule has 0 fully saturated rings. The summed E-state index contributed by atoms with van der Waals surface area (Å²) >= 11 is 3.99. The molecular weight excluding hydrogens is 358 g/mol. The van der Waals surface area contributed by atoms with Crippen molar-refractivity contribution in [1.82, 2.24) is 10.6 Å². The fourth-order valence-corrected chi connectivity index (χ4v) is 2.27. The van der Waals surface area contributed by atoms with Crippen LogP contribution in [0.15, 0.2) is 4.99 Å². The minimum atomic E-state index is -0.792. The third-order valence-electron chi connectivity index (χ3n) is 3.57. The Bertz CT molecular complexity index is 472. The Morgan fingerprint density at radius 1 is 1.08 bits per heavy atom. The Balaban J connectivity index is 4.66. The molecule has 0 aliphatic rings. The first-order chi connectivity index (χ1) is 12.3. The van der Waals surface area contributed by atoms with Crippen molar-refractivity contribution in [3.8, 4) is 0 Å². The summed E-state index contributed by atoms with van der Waals surface area (Å²) in [5, 5.41) is 5.17. The fourth-order valence-electron chi connectivity index (χ4n) is 2.10. The number of guanidine groups is 1. The molecule has 10 nitrogen and oxygen atoms in total. The second-order valence-electron chi connectivity index (χ2n) is 5.83. The van der Waals surface area contributed by atoms with E-state index in [4.69, 9.17) is 22.9 Å². The molecule has 2 amide bonds. The molecule has 0 unspecified atom stereocenters. The molecule has 0 saturated heterocycles. The number of amides is 2. The van der Waals surface area contributed by atoms with Crippen LogP contribution in [0.25, 0.3) is 0 Å². The van der Waals surface area contributed by atoms with Gasteiger partial charge in [0.15, 0.2) is 5.96 Å². The Morgan fingerprint density at radius 3 is 2.31 bits per heavy atom. The molecule has 10 N–H and O–H groups in total. The molecule has 0 spiro atoms. The molecule has 0 radical (unpaired) electrons. The average molecular weight is 390 g/mol. The zero-order valence-electron chi connectivity index (χ0n) is 14.9. The molecule has 0 rings (SSSR count). The van der Waals surface area contributed by atoms with Crippen LogP contribution < -0.4 is 33.6 Å². The molecule has 150 valence electrons. The Labute approximate surface area is 159 Å². The van der Waals surface area contributed by atoms with E-state index in [1.165, 1.54) is 0 Å². The lowest BCUT2D eigenvalue weighted by atomic mass is 10.1. The number of carbonyl (C=O) groups excluding carboxylic acids is 3. The van der Waals surface area contributed by atoms with Crippen LogP contribution in [0, 0.1) is 0 Å². The van der Waals surface area contributed by atoms with Gasteiger partial charge in [0.1, 0.15) is 12.3 Å². The van der Waals surface area contributed by atoms with E-state index in [9.17, 15) is 14.4 Å². The number of nitrogens with one attached hydrogen (secondary N) is 2. The van der Waals surface area contributed by atoms with Gasteiger partial charge in [0.05, 0.1) is 12.1 Å². The maximum absolute atomic E-state index is 12.3. The highest BCUT2D eigenvalue weighted by Gasteiger charge is 2.24. The number of unbranched alkanes of at least 4 members (excludes halogenated alkanes) is 1. The van der Waals surface area contributed by atoms with E-state index in [1.54, 1.807) is 0 Å². The molecule has 0 saturated carbocycles. The van der Waals surface area contributed by atoms with Crippen molar-refractivity contribution in [2.24, 2.45) is 27.9 Å². The number of nitrogens with two attached hydrogens (primary N) is 4. The van der Waals surface area contributed by atoms with Crippen LogP contribution in [0.2, 0.25) is 0 Å². The summed E-state index contributed by atoms with van der Waals surface area (Å²) in [5.74, 6) is -0.748. The topological polar surface area (TPSA) is 192 Å². The van der Waals surface area contributed by atoms with Crippen molar-refractivity contribution < 1.29 is 14.4 Å². The third kappa shape index (κ3) is 10.9. The molecule has 11 heteroatoms. The van der Waals surface area contributed by atoms with E-state index in [2.05, 4.69) is 28.3 Å². The molecule has 0 bridgehead atoms. The number of aliphatic imine (C=N–C) groups is 1. The molecule has 0 aromatic rings. The summed E-state index contributed by atoms with van der Waals surface area (Å²) in [4.78, 5) is 39.2. The van der Waals surface area contributed by atoms with Gasteiger partial charge in [0, 0.05) is 12.3 Å². The van der Waals surface area contributed by atoms with Crippen LogP contribution in [-0.2, 0) is 14.4 Å². The predicted octanol–water partition coefficient (Wildman–Crippen LogP) is -2.41. The van der Waals surface area contributed by atoms with Gasteiger partial charge in [0.25, 0.3) is 0 Å². The molecule has 0 heterocycles. The standard InChI is InChI=1S/C15H31N7O3S/c16-6-2-1-5-12(14(25)21-10(8-23)9-26)22-13(24)11(17)4-3-7-20-15(18)19/h8,10-12,26H,1-7,9,16-17H2,(H,21,25)(H,22,24)(H4,18,19,20)/t10-,11+,12+/m1/s1. The Morgan fingerprint density at radius 2 is 1.77 bits per heavy atom. The van der Waals surface area contributed by atoms with E-state index < -0.39 is 29.9 Å². The van der Waals surface area contributed by atoms with Gasteiger partial charge in [-0.05, 0) is 38.6 Å². The molecule has 0 aromatic carbocycles. The Hall–Kier alpha value is -1.85. The predicted molar refractivity (Wildman–Crippen MR) is 105 cm³/mol. The maximum atomic E-state index is 12.3. The lowest BCUT2D eigenvalue weighted by Crippen LogP contribution is -2.53. The smallest absolute Gasteiger partial charge is 0.243 e. The first-order valence-electron chi connectivity index (χ1n) is 8.53. The van der Waals surface area contributed by atoms with Crippen molar-refractivity contribution in [2.45, 2.75) is 50.2 Å². The van der Waals surface area contributed by atoms with Crippen LogP contribution in [0.1, 0.15) is 32.1 Å². The van der Waals surface area contributed by atoms with Gasteiger partial charge in [0.2, 0.25) is 11.8 Å². The first kappa shape index (κ1) is 24.1. The highest BCUT2D eigenvalue weighted by atomic mass is 32.1. The number of nitrogens with zero attached hydrogens (tertiary/aromatic N) is 1. The van der Waals surface area contributed by atoms with E-state index in [-0.39, 0.29) is 11.7 Å². The zero-order valence-corrected chi connectivity index (χ0v) is 15.8. The van der Waals surface area contributed by atoms with Crippen molar-refractivity contribution in [3.63, 3.8) is 0 Å². The van der Waals surface area contributed by atoms with E-state index in [0.29, 0.717) is 51.5 Å². The summed E-state index contributed by atoms with van der Waals surface area (Å²) in [6, 6.07) is -2.30. The molecule has 0 aliphatic carbocycles. The molecule has 26 heavy (non-hydrogen) atoms. The van der Waals surface area contributed by atoms with E-state index in [1.807, 2.05) is 0 Å². The van der Waals surface area contributed by atoms with Crippen molar-refractivity contribution in [1.29, 1.82) is 0 Å². The minimum absolute atomic E-state index is 0.0198. The fraction of sp³-hybridized carbons (Fsp3) is 0.733. The molecule has 3 atom stereocenters. The van der Waals surface area contributed by atoms with E-state index in [0.717, 1.165) is 0 Å². The zero-order chi connectivity index (χ0) is 19.9. The van der Waals surface area contributed by atoms with Gasteiger partial charge in [-0.3, -0.25) is 14.6 Å². The average Bonchev–Trinajstić information content (AvgIpc) is 2.61. The van der Waals surface area contributed by atoms with Crippen molar-refractivity contribution in [2.75, 3.05) is 18.8 Å². The lowest BCUT2D eigenvalue weighted by Gasteiger charge is -2.22. The summed E-state index contributed by atoms with van der Waals surface area (Å²) in [7, 11) is 0. The number of hydrogen-bond donors (Lipinski definition) is 7. The normalized spacial score (nSPS) is 14.0. The monoisotopic (exact) mass is 389 g/mol.